The van der Waals surface area contributed by atoms with Gasteiger partial charge in [0.25, 0.3) is 0 Å². The van der Waals surface area contributed by atoms with Gasteiger partial charge in [0.15, 0.2) is 5.58 Å². The molecule has 0 N–H and O–H groups in total. The van der Waals surface area contributed by atoms with E-state index in [9.17, 15) is 0 Å². The molecule has 0 spiro atoms. The predicted molar refractivity (Wildman–Crippen MR) is 184 cm³/mol. The van der Waals surface area contributed by atoms with Crippen molar-refractivity contribution in [3.05, 3.63) is 158 Å². The number of hydrogen-bond acceptors (Lipinski definition) is 4. The number of para-hydroxylation sites is 3. The molecule has 0 aliphatic heterocycles. The molecule has 2 aromatic heterocycles. The maximum atomic E-state index is 6.75. The minimum Gasteiger partial charge on any atom is -0.455 e. The van der Waals surface area contributed by atoms with E-state index in [0.717, 1.165) is 66.4 Å². The Morgan fingerprint density at radius 2 is 1.16 bits per heavy atom. The molecule has 0 fully saturated rings. The van der Waals surface area contributed by atoms with Gasteiger partial charge in [-0.1, -0.05) is 103 Å². The summed E-state index contributed by atoms with van der Waals surface area (Å²) >= 11 is 0. The first-order valence-corrected chi connectivity index (χ1v) is 15.0. The number of hydrogen-bond donors (Lipinski definition) is 0. The molecule has 0 radical (unpaired) electrons. The van der Waals surface area contributed by atoms with Crippen LogP contribution in [0.25, 0.3) is 66.4 Å². The average molecular weight is 579 g/mol. The lowest BCUT2D eigenvalue weighted by Crippen LogP contribution is -2.10. The van der Waals surface area contributed by atoms with E-state index in [4.69, 9.17) is 13.8 Å². The Morgan fingerprint density at radius 1 is 0.467 bits per heavy atom. The summed E-state index contributed by atoms with van der Waals surface area (Å²) in [5.74, 6) is 0.561. The van der Waals surface area contributed by atoms with Crippen molar-refractivity contribution in [2.75, 3.05) is 4.90 Å². The van der Waals surface area contributed by atoms with Crippen LogP contribution < -0.4 is 4.90 Å². The maximum absolute atomic E-state index is 6.75. The number of rotatable bonds is 5. The summed E-state index contributed by atoms with van der Waals surface area (Å²) < 4.78 is 13.2. The number of aromatic nitrogens is 1. The quantitative estimate of drug-likeness (QED) is 0.204. The van der Waals surface area contributed by atoms with E-state index in [-0.39, 0.29) is 0 Å². The standard InChI is InChI=1S/C41H26N2O2/c1-3-11-27(12-4-1)28-19-22-31(23-20-28)43(30-14-5-2-6-15-30)32-25-35(41-42-36-17-9-10-18-37(36)45-41)39-34-24-21-29-13-7-8-16-33(29)40(34)44-38(39)26-32/h1-26H. The lowest BCUT2D eigenvalue weighted by atomic mass is 10.0. The predicted octanol–water partition coefficient (Wildman–Crippen LogP) is 11.7. The van der Waals surface area contributed by atoms with Crippen molar-refractivity contribution in [3.8, 4) is 22.6 Å². The molecule has 4 heteroatoms. The van der Waals surface area contributed by atoms with Gasteiger partial charge in [-0.05, 0) is 65.0 Å². The van der Waals surface area contributed by atoms with Gasteiger partial charge < -0.3 is 13.7 Å². The lowest BCUT2D eigenvalue weighted by Gasteiger charge is -2.26. The highest BCUT2D eigenvalue weighted by Gasteiger charge is 2.22. The van der Waals surface area contributed by atoms with Gasteiger partial charge in [0.1, 0.15) is 16.7 Å². The van der Waals surface area contributed by atoms with Gasteiger partial charge in [-0.2, -0.15) is 0 Å². The maximum Gasteiger partial charge on any atom is 0.228 e. The first-order valence-electron chi connectivity index (χ1n) is 15.0. The number of furan rings is 1. The molecule has 0 saturated heterocycles. The van der Waals surface area contributed by atoms with Crippen LogP contribution in [0.2, 0.25) is 0 Å². The molecule has 2 heterocycles. The Kier molecular flexibility index (Phi) is 5.78. The zero-order valence-electron chi connectivity index (χ0n) is 24.2. The molecule has 0 aliphatic carbocycles. The van der Waals surface area contributed by atoms with Crippen LogP contribution in [-0.4, -0.2) is 4.98 Å². The summed E-state index contributed by atoms with van der Waals surface area (Å²) in [6.07, 6.45) is 0. The Bertz CT molecular complexity index is 2440. The molecular formula is C41H26N2O2. The third kappa shape index (κ3) is 4.27. The summed E-state index contributed by atoms with van der Waals surface area (Å²) in [7, 11) is 0. The fourth-order valence-electron chi connectivity index (χ4n) is 6.36. The van der Waals surface area contributed by atoms with Crippen molar-refractivity contribution in [2.45, 2.75) is 0 Å². The molecule has 0 unspecified atom stereocenters. The van der Waals surface area contributed by atoms with Crippen LogP contribution in [-0.2, 0) is 0 Å². The highest BCUT2D eigenvalue weighted by Crippen LogP contribution is 2.45. The van der Waals surface area contributed by atoms with Crippen LogP contribution >= 0.6 is 0 Å². The van der Waals surface area contributed by atoms with Crippen LogP contribution in [0.1, 0.15) is 0 Å². The molecule has 0 aliphatic rings. The zero-order chi connectivity index (χ0) is 29.7. The number of fused-ring (bicyclic) bond motifs is 6. The fourth-order valence-corrected chi connectivity index (χ4v) is 6.36. The van der Waals surface area contributed by atoms with Crippen molar-refractivity contribution < 1.29 is 8.83 Å². The van der Waals surface area contributed by atoms with E-state index >= 15 is 0 Å². The SMILES string of the molecule is c1ccc(-c2ccc(N(c3ccccc3)c3cc(-c4nc5ccccc5o4)c4c(c3)oc3c5ccccc5ccc34)cc2)cc1. The third-order valence-electron chi connectivity index (χ3n) is 8.48. The molecule has 7 aromatic carbocycles. The van der Waals surface area contributed by atoms with Crippen molar-refractivity contribution in [3.63, 3.8) is 0 Å². The van der Waals surface area contributed by atoms with Gasteiger partial charge in [-0.25, -0.2) is 4.98 Å². The summed E-state index contributed by atoms with van der Waals surface area (Å²) in [6.45, 7) is 0. The first-order chi connectivity index (χ1) is 22.3. The van der Waals surface area contributed by atoms with Crippen molar-refractivity contribution in [2.24, 2.45) is 0 Å². The van der Waals surface area contributed by atoms with Crippen LogP contribution in [0.4, 0.5) is 17.1 Å². The number of oxazole rings is 1. The highest BCUT2D eigenvalue weighted by atomic mass is 16.3. The van der Waals surface area contributed by atoms with E-state index in [1.54, 1.807) is 0 Å². The highest BCUT2D eigenvalue weighted by molar-refractivity contribution is 6.19. The van der Waals surface area contributed by atoms with Crippen LogP contribution in [0.5, 0.6) is 0 Å². The summed E-state index contributed by atoms with van der Waals surface area (Å²) in [5.41, 5.74) is 9.45. The van der Waals surface area contributed by atoms with Gasteiger partial charge in [-0.3, -0.25) is 0 Å². The second-order valence-electron chi connectivity index (χ2n) is 11.2. The molecule has 9 aromatic rings. The van der Waals surface area contributed by atoms with E-state index in [1.165, 1.54) is 11.1 Å². The Morgan fingerprint density at radius 3 is 1.98 bits per heavy atom. The van der Waals surface area contributed by atoms with Crippen LogP contribution in [0, 0.1) is 0 Å². The smallest absolute Gasteiger partial charge is 0.228 e. The van der Waals surface area contributed by atoms with Gasteiger partial charge in [0.2, 0.25) is 5.89 Å². The summed E-state index contributed by atoms with van der Waals surface area (Å²) in [5, 5.41) is 4.23. The Hall–Kier alpha value is -6.13. The molecule has 0 amide bonds. The second-order valence-corrected chi connectivity index (χ2v) is 11.2. The van der Waals surface area contributed by atoms with Gasteiger partial charge >= 0.3 is 0 Å². The molecule has 45 heavy (non-hydrogen) atoms. The first kappa shape index (κ1) is 25.4. The normalized spacial score (nSPS) is 11.6. The van der Waals surface area contributed by atoms with Gasteiger partial charge in [0.05, 0.1) is 11.3 Å². The fraction of sp³-hybridized carbons (Fsp3) is 0. The molecular weight excluding hydrogens is 552 g/mol. The zero-order valence-corrected chi connectivity index (χ0v) is 24.2. The van der Waals surface area contributed by atoms with Gasteiger partial charge in [0, 0.05) is 33.6 Å². The molecule has 0 atom stereocenters. The number of anilines is 3. The van der Waals surface area contributed by atoms with Crippen molar-refractivity contribution in [1.82, 2.24) is 4.98 Å². The van der Waals surface area contributed by atoms with Crippen molar-refractivity contribution in [1.29, 1.82) is 0 Å². The molecule has 212 valence electrons. The summed E-state index contributed by atoms with van der Waals surface area (Å²) in [4.78, 5) is 7.20. The van der Waals surface area contributed by atoms with Crippen molar-refractivity contribution >= 4 is 60.9 Å². The van der Waals surface area contributed by atoms with E-state index < -0.39 is 0 Å². The average Bonchev–Trinajstić information content (AvgIpc) is 3.71. The van der Waals surface area contributed by atoms with Gasteiger partial charge in [-0.15, -0.1) is 0 Å². The second kappa shape index (κ2) is 10.2. The van der Waals surface area contributed by atoms with Crippen LogP contribution in [0.3, 0.4) is 0 Å². The largest absolute Gasteiger partial charge is 0.455 e. The van der Waals surface area contributed by atoms with Crippen LogP contribution in [0.15, 0.2) is 167 Å². The van der Waals surface area contributed by atoms with E-state index in [1.807, 2.05) is 36.4 Å². The number of benzene rings is 7. The monoisotopic (exact) mass is 578 g/mol. The topological polar surface area (TPSA) is 42.4 Å². The molecule has 0 saturated carbocycles. The minimum atomic E-state index is 0.561. The molecule has 4 nitrogen and oxygen atoms in total. The van der Waals surface area contributed by atoms with E-state index in [0.29, 0.717) is 5.89 Å². The summed E-state index contributed by atoms with van der Waals surface area (Å²) in [6, 6.07) is 54.4. The lowest BCUT2D eigenvalue weighted by molar-refractivity contribution is 0.620. The van der Waals surface area contributed by atoms with E-state index in [2.05, 4.69) is 126 Å². The molecule has 0 bridgehead atoms. The Labute approximate surface area is 259 Å². The molecule has 9 rings (SSSR count). The number of nitrogens with zero attached hydrogens (tertiary/aromatic N) is 2. The minimum absolute atomic E-state index is 0.561. The Balaban J connectivity index is 1.31. The third-order valence-corrected chi connectivity index (χ3v) is 8.48.